The highest BCUT2D eigenvalue weighted by atomic mass is 19.1. The number of nitrogens with one attached hydrogen (secondary N) is 1. The summed E-state index contributed by atoms with van der Waals surface area (Å²) in [6, 6.07) is 11.0. The average Bonchev–Trinajstić information content (AvgIpc) is 2.87. The summed E-state index contributed by atoms with van der Waals surface area (Å²) in [4.78, 5) is 16.3. The number of amides is 1. The molecule has 122 valence electrons. The molecule has 0 saturated carbocycles. The Morgan fingerprint density at radius 3 is 2.62 bits per heavy atom. The second kappa shape index (κ2) is 6.57. The van der Waals surface area contributed by atoms with E-state index < -0.39 is 17.5 Å². The highest BCUT2D eigenvalue weighted by Gasteiger charge is 2.11. The van der Waals surface area contributed by atoms with Crippen molar-refractivity contribution in [2.45, 2.75) is 6.42 Å². The van der Waals surface area contributed by atoms with Gasteiger partial charge < -0.3 is 4.57 Å². The molecule has 0 unspecified atom stereocenters. The van der Waals surface area contributed by atoms with Crippen LogP contribution in [0.3, 0.4) is 0 Å². The number of para-hydroxylation sites is 2. The van der Waals surface area contributed by atoms with Gasteiger partial charge in [-0.2, -0.15) is 5.10 Å². The number of aryl methyl sites for hydroxylation is 1. The number of fused-ring (bicyclic) bond motifs is 1. The van der Waals surface area contributed by atoms with E-state index in [2.05, 4.69) is 15.5 Å². The first-order valence-electron chi connectivity index (χ1n) is 7.22. The van der Waals surface area contributed by atoms with Crippen LogP contribution in [0.15, 0.2) is 47.6 Å². The van der Waals surface area contributed by atoms with Crippen molar-refractivity contribution >= 4 is 23.2 Å². The van der Waals surface area contributed by atoms with E-state index in [-0.39, 0.29) is 12.0 Å². The van der Waals surface area contributed by atoms with Crippen LogP contribution in [0.2, 0.25) is 0 Å². The fourth-order valence-corrected chi connectivity index (χ4v) is 2.34. The molecule has 0 aliphatic carbocycles. The van der Waals surface area contributed by atoms with Gasteiger partial charge in [0.2, 0.25) is 5.91 Å². The van der Waals surface area contributed by atoms with Gasteiger partial charge >= 0.3 is 0 Å². The van der Waals surface area contributed by atoms with Gasteiger partial charge in [0, 0.05) is 7.05 Å². The van der Waals surface area contributed by atoms with Crippen molar-refractivity contribution in [1.82, 2.24) is 15.0 Å². The van der Waals surface area contributed by atoms with Gasteiger partial charge in [-0.3, -0.25) is 4.79 Å². The predicted octanol–water partition coefficient (Wildman–Crippen LogP) is 2.54. The molecule has 1 aromatic heterocycles. The third-order valence-electron chi connectivity index (χ3n) is 3.58. The SMILES string of the molecule is Cn1c(CC(=O)N/N=C\c2c(F)cccc2F)nc2ccccc21. The van der Waals surface area contributed by atoms with E-state index in [1.807, 2.05) is 35.9 Å². The monoisotopic (exact) mass is 328 g/mol. The summed E-state index contributed by atoms with van der Waals surface area (Å²) >= 11 is 0. The number of benzene rings is 2. The Kier molecular flexibility index (Phi) is 4.33. The van der Waals surface area contributed by atoms with Gasteiger partial charge in [-0.05, 0) is 24.3 Å². The largest absolute Gasteiger partial charge is 0.331 e. The number of imidazole rings is 1. The van der Waals surface area contributed by atoms with Crippen LogP contribution in [-0.2, 0) is 18.3 Å². The Bertz CT molecular complexity index is 913. The number of rotatable bonds is 4. The standard InChI is InChI=1S/C17H14F2N4O/c1-23-15-8-3-2-7-14(15)21-16(23)9-17(24)22-20-10-11-12(18)5-4-6-13(11)19/h2-8,10H,9H2,1H3,(H,22,24)/b20-10-. The first-order chi connectivity index (χ1) is 11.6. The van der Waals surface area contributed by atoms with Crippen molar-refractivity contribution in [3.05, 3.63) is 65.5 Å². The number of nitrogens with zero attached hydrogens (tertiary/aromatic N) is 3. The van der Waals surface area contributed by atoms with Crippen molar-refractivity contribution in [1.29, 1.82) is 0 Å². The normalized spacial score (nSPS) is 11.3. The summed E-state index contributed by atoms with van der Waals surface area (Å²) < 4.78 is 28.7. The summed E-state index contributed by atoms with van der Waals surface area (Å²) in [6.45, 7) is 0. The zero-order valence-corrected chi connectivity index (χ0v) is 12.8. The molecular formula is C17H14F2N4O. The molecule has 24 heavy (non-hydrogen) atoms. The smallest absolute Gasteiger partial charge is 0.247 e. The van der Waals surface area contributed by atoms with Gasteiger partial charge in [0.05, 0.1) is 29.2 Å². The van der Waals surface area contributed by atoms with Crippen LogP contribution >= 0.6 is 0 Å². The molecule has 3 aromatic rings. The van der Waals surface area contributed by atoms with Crippen LogP contribution in [0.25, 0.3) is 11.0 Å². The van der Waals surface area contributed by atoms with Gasteiger partial charge in [-0.25, -0.2) is 19.2 Å². The maximum absolute atomic E-state index is 13.4. The second-order valence-corrected chi connectivity index (χ2v) is 5.18. The molecule has 1 N–H and O–H groups in total. The fourth-order valence-electron chi connectivity index (χ4n) is 2.34. The summed E-state index contributed by atoms with van der Waals surface area (Å²) in [5.41, 5.74) is 3.65. The molecule has 1 heterocycles. The van der Waals surface area contributed by atoms with Gasteiger partial charge in [0.1, 0.15) is 17.5 Å². The van der Waals surface area contributed by atoms with Crippen molar-refractivity contribution in [3.8, 4) is 0 Å². The number of hydrogen-bond donors (Lipinski definition) is 1. The maximum atomic E-state index is 13.4. The zero-order valence-electron chi connectivity index (χ0n) is 12.8. The van der Waals surface area contributed by atoms with E-state index in [1.54, 1.807) is 0 Å². The topological polar surface area (TPSA) is 59.3 Å². The fraction of sp³-hybridized carbons (Fsp3) is 0.118. The lowest BCUT2D eigenvalue weighted by molar-refractivity contribution is -0.120. The molecule has 3 rings (SSSR count). The van der Waals surface area contributed by atoms with E-state index in [0.717, 1.165) is 29.4 Å². The third-order valence-corrected chi connectivity index (χ3v) is 3.58. The maximum Gasteiger partial charge on any atom is 0.247 e. The lowest BCUT2D eigenvalue weighted by Gasteiger charge is -2.02. The molecule has 0 saturated heterocycles. The third kappa shape index (κ3) is 3.15. The van der Waals surface area contributed by atoms with Crippen molar-refractivity contribution < 1.29 is 13.6 Å². The Balaban J connectivity index is 1.69. The molecule has 1 amide bonds. The Hall–Kier alpha value is -3.09. The van der Waals surface area contributed by atoms with E-state index in [0.29, 0.717) is 5.82 Å². The van der Waals surface area contributed by atoms with Gasteiger partial charge in [0.25, 0.3) is 0 Å². The molecule has 0 fully saturated rings. The lowest BCUT2D eigenvalue weighted by atomic mass is 10.2. The molecule has 7 heteroatoms. The molecule has 0 radical (unpaired) electrons. The number of hydrogen-bond acceptors (Lipinski definition) is 3. The highest BCUT2D eigenvalue weighted by molar-refractivity contribution is 5.84. The van der Waals surface area contributed by atoms with Gasteiger partial charge in [-0.1, -0.05) is 18.2 Å². The number of hydrazone groups is 1. The summed E-state index contributed by atoms with van der Waals surface area (Å²) in [5.74, 6) is -1.35. The van der Waals surface area contributed by atoms with Crippen molar-refractivity contribution in [2.75, 3.05) is 0 Å². The number of aromatic nitrogens is 2. The van der Waals surface area contributed by atoms with Crippen LogP contribution in [0, 0.1) is 11.6 Å². The van der Waals surface area contributed by atoms with Crippen molar-refractivity contribution in [3.63, 3.8) is 0 Å². The lowest BCUT2D eigenvalue weighted by Crippen LogP contribution is -2.21. The average molecular weight is 328 g/mol. The first-order valence-corrected chi connectivity index (χ1v) is 7.22. The molecule has 0 spiro atoms. The Labute approximate surface area is 136 Å². The van der Waals surface area contributed by atoms with Crippen LogP contribution in [0.1, 0.15) is 11.4 Å². The van der Waals surface area contributed by atoms with Crippen LogP contribution in [0.4, 0.5) is 8.78 Å². The minimum atomic E-state index is -0.747. The highest BCUT2D eigenvalue weighted by Crippen LogP contribution is 2.14. The quantitative estimate of drug-likeness (QED) is 0.591. The summed E-state index contributed by atoms with van der Waals surface area (Å²) in [5, 5.41) is 3.60. The first kappa shape index (κ1) is 15.8. The van der Waals surface area contributed by atoms with E-state index in [1.165, 1.54) is 6.07 Å². The number of halogens is 2. The molecule has 2 aromatic carbocycles. The minimum Gasteiger partial charge on any atom is -0.331 e. The summed E-state index contributed by atoms with van der Waals surface area (Å²) in [6.07, 6.45) is 0.944. The molecule has 0 bridgehead atoms. The number of carbonyl (C=O) groups is 1. The van der Waals surface area contributed by atoms with Gasteiger partial charge in [-0.15, -0.1) is 0 Å². The minimum absolute atomic E-state index is 0.00226. The van der Waals surface area contributed by atoms with Crippen LogP contribution < -0.4 is 5.43 Å². The second-order valence-electron chi connectivity index (χ2n) is 5.18. The molecule has 0 atom stereocenters. The zero-order chi connectivity index (χ0) is 17.1. The van der Waals surface area contributed by atoms with Crippen molar-refractivity contribution in [2.24, 2.45) is 12.1 Å². The van der Waals surface area contributed by atoms with Crippen LogP contribution in [0.5, 0.6) is 0 Å². The van der Waals surface area contributed by atoms with E-state index in [9.17, 15) is 13.6 Å². The summed E-state index contributed by atoms with van der Waals surface area (Å²) in [7, 11) is 1.82. The van der Waals surface area contributed by atoms with Gasteiger partial charge in [0.15, 0.2) is 0 Å². The molecule has 5 nitrogen and oxygen atoms in total. The molecule has 0 aliphatic heterocycles. The van der Waals surface area contributed by atoms with E-state index in [4.69, 9.17) is 0 Å². The molecular weight excluding hydrogens is 314 g/mol. The van der Waals surface area contributed by atoms with E-state index >= 15 is 0 Å². The Morgan fingerprint density at radius 1 is 1.21 bits per heavy atom. The Morgan fingerprint density at radius 2 is 1.92 bits per heavy atom. The molecule has 0 aliphatic rings. The predicted molar refractivity (Wildman–Crippen MR) is 86.5 cm³/mol. The number of carbonyl (C=O) groups excluding carboxylic acids is 1. The van der Waals surface area contributed by atoms with Crippen LogP contribution in [-0.4, -0.2) is 21.7 Å².